The van der Waals surface area contributed by atoms with E-state index >= 15 is 4.39 Å². The van der Waals surface area contributed by atoms with Crippen LogP contribution in [0.2, 0.25) is 0 Å². The van der Waals surface area contributed by atoms with Gasteiger partial charge in [0.1, 0.15) is 23.1 Å². The molecule has 220 valence electrons. The summed E-state index contributed by atoms with van der Waals surface area (Å²) in [5, 5.41) is 10.5. The fraction of sp³-hybridized carbons (Fsp3) is 0.176. The van der Waals surface area contributed by atoms with Gasteiger partial charge in [-0.25, -0.2) is 18.7 Å². The molecule has 1 atom stereocenters. The molecule has 3 aromatic heterocycles. The van der Waals surface area contributed by atoms with Gasteiger partial charge < -0.3 is 19.7 Å². The van der Waals surface area contributed by atoms with Crippen molar-refractivity contribution in [2.24, 2.45) is 0 Å². The molecule has 1 aliphatic rings. The third-order valence-electron chi connectivity index (χ3n) is 7.50. The number of methoxy groups -OCH3 is 1. The molecule has 0 fully saturated rings. The molecule has 8 nitrogen and oxygen atoms in total. The Morgan fingerprint density at radius 2 is 1.95 bits per heavy atom. The second-order valence-electron chi connectivity index (χ2n) is 10.5. The highest BCUT2D eigenvalue weighted by Gasteiger charge is 2.34. The maximum absolute atomic E-state index is 15.4. The summed E-state index contributed by atoms with van der Waals surface area (Å²) in [7, 11) is 1.35. The summed E-state index contributed by atoms with van der Waals surface area (Å²) in [6, 6.07) is 14.3. The zero-order valence-corrected chi connectivity index (χ0v) is 24.2. The number of aryl methyl sites for hydroxylation is 2. The van der Waals surface area contributed by atoms with Crippen molar-refractivity contribution in [3.8, 4) is 45.9 Å². The quantitative estimate of drug-likeness (QED) is 0.237. The van der Waals surface area contributed by atoms with E-state index in [4.69, 9.17) is 4.74 Å². The number of hydrogen-bond donors (Lipinski definition) is 2. The average molecular weight is 592 g/mol. The van der Waals surface area contributed by atoms with E-state index in [2.05, 4.69) is 31.8 Å². The summed E-state index contributed by atoms with van der Waals surface area (Å²) in [5.74, 6) is 4.42. The maximum Gasteiger partial charge on any atom is 0.257 e. The standard InChI is InChI=1S/C34H27F2N5O3/c1-19-32(39-20(2)38-19)24(18-41-17-23-9-13-29(44-3)31(36)30(23)34(41)43)8-6-21-7-10-25(26(35)15-21)33-28(42)12-11-27(40-33)22-5-4-14-37-16-22/h4-5,7,9-16,24,42H,17-18H2,1-3H3,(H,38,39). The number of halogens is 2. The maximum atomic E-state index is 15.4. The zero-order valence-electron chi connectivity index (χ0n) is 24.2. The van der Waals surface area contributed by atoms with Gasteiger partial charge in [-0.2, -0.15) is 0 Å². The van der Waals surface area contributed by atoms with Crippen LogP contribution in [0.4, 0.5) is 8.78 Å². The number of aromatic hydroxyl groups is 1. The first kappa shape index (κ1) is 28.6. The van der Waals surface area contributed by atoms with Crippen molar-refractivity contribution in [2.75, 3.05) is 13.7 Å². The van der Waals surface area contributed by atoms with E-state index in [0.717, 1.165) is 11.3 Å². The van der Waals surface area contributed by atoms with Gasteiger partial charge in [0.2, 0.25) is 0 Å². The van der Waals surface area contributed by atoms with E-state index in [0.29, 0.717) is 28.3 Å². The lowest BCUT2D eigenvalue weighted by Gasteiger charge is -2.19. The molecule has 4 heterocycles. The summed E-state index contributed by atoms with van der Waals surface area (Å²) in [4.78, 5) is 31.1. The Labute approximate surface area is 252 Å². The van der Waals surface area contributed by atoms with Gasteiger partial charge >= 0.3 is 0 Å². The van der Waals surface area contributed by atoms with Gasteiger partial charge in [0, 0.05) is 47.9 Å². The number of imidazole rings is 1. The van der Waals surface area contributed by atoms with Crippen LogP contribution in [0.15, 0.2) is 67.0 Å². The van der Waals surface area contributed by atoms with Gasteiger partial charge in [-0.1, -0.05) is 17.9 Å². The van der Waals surface area contributed by atoms with Crippen LogP contribution in [0.5, 0.6) is 11.5 Å². The van der Waals surface area contributed by atoms with Crippen molar-refractivity contribution >= 4 is 5.91 Å². The Hall–Kier alpha value is -5.56. The summed E-state index contributed by atoms with van der Waals surface area (Å²) < 4.78 is 35.4. The fourth-order valence-electron chi connectivity index (χ4n) is 5.37. The number of benzene rings is 2. The number of amides is 1. The van der Waals surface area contributed by atoms with Crippen LogP contribution in [-0.2, 0) is 6.54 Å². The third kappa shape index (κ3) is 5.36. The van der Waals surface area contributed by atoms with Gasteiger partial charge in [-0.3, -0.25) is 9.78 Å². The Kier molecular flexibility index (Phi) is 7.53. The number of fused-ring (bicyclic) bond motifs is 1. The lowest BCUT2D eigenvalue weighted by Crippen LogP contribution is -2.29. The van der Waals surface area contributed by atoms with E-state index in [1.807, 2.05) is 19.9 Å². The topological polar surface area (TPSA) is 104 Å². The van der Waals surface area contributed by atoms with Gasteiger partial charge in [0.15, 0.2) is 11.6 Å². The molecule has 0 saturated carbocycles. The molecule has 0 aliphatic carbocycles. The highest BCUT2D eigenvalue weighted by molar-refractivity contribution is 5.99. The smallest absolute Gasteiger partial charge is 0.257 e. The van der Waals surface area contributed by atoms with Crippen molar-refractivity contribution in [2.45, 2.75) is 26.3 Å². The molecule has 2 aromatic carbocycles. The molecular weight excluding hydrogens is 564 g/mol. The molecule has 2 N–H and O–H groups in total. The van der Waals surface area contributed by atoms with Gasteiger partial charge in [-0.15, -0.1) is 0 Å². The largest absolute Gasteiger partial charge is 0.506 e. The minimum Gasteiger partial charge on any atom is -0.506 e. The van der Waals surface area contributed by atoms with Crippen LogP contribution in [0.3, 0.4) is 0 Å². The van der Waals surface area contributed by atoms with Crippen LogP contribution < -0.4 is 4.74 Å². The predicted octanol–water partition coefficient (Wildman–Crippen LogP) is 5.93. The zero-order chi connectivity index (χ0) is 31.0. The van der Waals surface area contributed by atoms with Crippen molar-refractivity contribution in [3.05, 3.63) is 113 Å². The average Bonchev–Trinajstić information content (AvgIpc) is 3.53. The number of H-pyrrole nitrogens is 1. The minimum atomic E-state index is -0.686. The Bertz CT molecular complexity index is 1960. The van der Waals surface area contributed by atoms with Crippen LogP contribution >= 0.6 is 0 Å². The lowest BCUT2D eigenvalue weighted by atomic mass is 10.0. The number of nitrogens with zero attached hydrogens (tertiary/aromatic N) is 4. The molecule has 1 aliphatic heterocycles. The SMILES string of the molecule is COc1ccc2c(c1F)C(=O)N(CC(C#Cc1ccc(-c3nc(-c4cccnc4)ccc3O)c(F)c1)c1nc(C)[nH]c1C)C2. The van der Waals surface area contributed by atoms with Crippen molar-refractivity contribution < 1.29 is 23.4 Å². The minimum absolute atomic E-state index is 0.00635. The first-order valence-electron chi connectivity index (χ1n) is 13.8. The molecule has 0 bridgehead atoms. The van der Waals surface area contributed by atoms with E-state index in [-0.39, 0.29) is 41.4 Å². The second kappa shape index (κ2) is 11.6. The fourth-order valence-corrected chi connectivity index (χ4v) is 5.37. The van der Waals surface area contributed by atoms with Gasteiger partial charge in [0.25, 0.3) is 5.91 Å². The number of carbonyl (C=O) groups is 1. The van der Waals surface area contributed by atoms with Crippen molar-refractivity contribution in [3.63, 3.8) is 0 Å². The molecule has 5 aromatic rings. The number of nitrogens with one attached hydrogen (secondary N) is 1. The summed E-state index contributed by atoms with van der Waals surface area (Å²) >= 11 is 0. The number of rotatable bonds is 6. The van der Waals surface area contributed by atoms with Gasteiger partial charge in [-0.05, 0) is 67.9 Å². The van der Waals surface area contributed by atoms with Crippen LogP contribution in [0, 0.1) is 37.3 Å². The lowest BCUT2D eigenvalue weighted by molar-refractivity contribution is 0.0771. The van der Waals surface area contributed by atoms with E-state index in [1.54, 1.807) is 36.7 Å². The molecule has 0 spiro atoms. The van der Waals surface area contributed by atoms with E-state index < -0.39 is 23.5 Å². The van der Waals surface area contributed by atoms with Gasteiger partial charge in [0.05, 0.1) is 30.0 Å². The van der Waals surface area contributed by atoms with E-state index in [9.17, 15) is 14.3 Å². The molecule has 6 rings (SSSR count). The normalized spacial score (nSPS) is 12.9. The number of aromatic nitrogens is 4. The first-order valence-corrected chi connectivity index (χ1v) is 13.8. The molecule has 10 heteroatoms. The molecular formula is C34H27F2N5O3. The van der Waals surface area contributed by atoms with Crippen LogP contribution in [0.25, 0.3) is 22.5 Å². The number of aromatic amines is 1. The number of ether oxygens (including phenoxy) is 1. The second-order valence-corrected chi connectivity index (χ2v) is 10.5. The molecule has 44 heavy (non-hydrogen) atoms. The number of carbonyl (C=O) groups excluding carboxylic acids is 1. The van der Waals surface area contributed by atoms with Crippen LogP contribution in [0.1, 0.15) is 44.6 Å². The highest BCUT2D eigenvalue weighted by Crippen LogP contribution is 2.34. The molecule has 0 radical (unpaired) electrons. The highest BCUT2D eigenvalue weighted by atomic mass is 19.1. The molecule has 1 unspecified atom stereocenters. The van der Waals surface area contributed by atoms with E-state index in [1.165, 1.54) is 36.3 Å². The summed E-state index contributed by atoms with van der Waals surface area (Å²) in [6.45, 7) is 4.05. The Morgan fingerprint density at radius 3 is 2.66 bits per heavy atom. The molecule has 1 amide bonds. The van der Waals surface area contributed by atoms with Crippen molar-refractivity contribution in [1.29, 1.82) is 0 Å². The van der Waals surface area contributed by atoms with Crippen molar-refractivity contribution in [1.82, 2.24) is 24.8 Å². The Morgan fingerprint density at radius 1 is 1.11 bits per heavy atom. The summed E-state index contributed by atoms with van der Waals surface area (Å²) in [5.41, 5.74) is 3.87. The monoisotopic (exact) mass is 591 g/mol. The third-order valence-corrected chi connectivity index (χ3v) is 7.50. The molecule has 0 saturated heterocycles. The predicted molar refractivity (Wildman–Crippen MR) is 160 cm³/mol. The number of pyridine rings is 2. The van der Waals surface area contributed by atoms with Crippen LogP contribution in [-0.4, -0.2) is 49.5 Å². The number of hydrogen-bond acceptors (Lipinski definition) is 6. The Balaban J connectivity index is 1.30. The first-order chi connectivity index (χ1) is 21.2. The summed E-state index contributed by atoms with van der Waals surface area (Å²) in [6.07, 6.45) is 3.28.